The summed E-state index contributed by atoms with van der Waals surface area (Å²) in [5.74, 6) is -3.39. The van der Waals surface area contributed by atoms with Gasteiger partial charge in [0.2, 0.25) is 0 Å². The largest absolute Gasteiger partial charge is 0.454 e. The van der Waals surface area contributed by atoms with Gasteiger partial charge in [-0.3, -0.25) is 4.79 Å². The predicted octanol–water partition coefficient (Wildman–Crippen LogP) is 1.22. The average molecular weight is 300 g/mol. The molecule has 0 rings (SSSR count). The maximum atomic E-state index is 11.7. The van der Waals surface area contributed by atoms with Crippen LogP contribution in [0.15, 0.2) is 0 Å². The number of carbonyl (C=O) groups is 3. The molecule has 0 fully saturated rings. The van der Waals surface area contributed by atoms with Gasteiger partial charge in [-0.25, -0.2) is 9.59 Å². The second-order valence-electron chi connectivity index (χ2n) is 3.85. The van der Waals surface area contributed by atoms with Crippen molar-refractivity contribution in [3.05, 3.63) is 0 Å². The minimum absolute atomic E-state index is 0.389. The van der Waals surface area contributed by atoms with E-state index in [1.165, 1.54) is 0 Å². The molecule has 0 radical (unpaired) electrons. The SMILES string of the molecule is CCC(C)C(=O)OCC(=O)OCC(=O)OCC(F)(F)F. The van der Waals surface area contributed by atoms with E-state index < -0.39 is 43.9 Å². The molecule has 0 spiro atoms. The maximum absolute atomic E-state index is 11.7. The molecule has 0 amide bonds. The third-order valence-electron chi connectivity index (χ3n) is 2.09. The van der Waals surface area contributed by atoms with E-state index in [9.17, 15) is 27.6 Å². The first kappa shape index (κ1) is 18.2. The van der Waals surface area contributed by atoms with Gasteiger partial charge < -0.3 is 14.2 Å². The van der Waals surface area contributed by atoms with Crippen molar-refractivity contribution in [2.45, 2.75) is 26.4 Å². The fraction of sp³-hybridized carbons (Fsp3) is 0.727. The number of alkyl halides is 3. The number of carbonyl (C=O) groups excluding carboxylic acids is 3. The van der Waals surface area contributed by atoms with E-state index in [1.54, 1.807) is 13.8 Å². The highest BCUT2D eigenvalue weighted by molar-refractivity contribution is 5.79. The topological polar surface area (TPSA) is 78.9 Å². The molecule has 0 aliphatic heterocycles. The number of rotatable bonds is 7. The lowest BCUT2D eigenvalue weighted by Crippen LogP contribution is -2.25. The van der Waals surface area contributed by atoms with Crippen molar-refractivity contribution in [2.75, 3.05) is 19.8 Å². The molecule has 6 nitrogen and oxygen atoms in total. The van der Waals surface area contributed by atoms with Crippen LogP contribution in [0.25, 0.3) is 0 Å². The Bertz CT molecular complexity index is 353. The third-order valence-corrected chi connectivity index (χ3v) is 2.09. The van der Waals surface area contributed by atoms with Crippen molar-refractivity contribution in [1.29, 1.82) is 0 Å². The van der Waals surface area contributed by atoms with E-state index in [-0.39, 0.29) is 5.92 Å². The molecule has 116 valence electrons. The molecule has 0 aliphatic rings. The van der Waals surface area contributed by atoms with Gasteiger partial charge in [0.05, 0.1) is 5.92 Å². The summed E-state index contributed by atoms with van der Waals surface area (Å²) in [7, 11) is 0. The summed E-state index contributed by atoms with van der Waals surface area (Å²) in [5, 5.41) is 0. The standard InChI is InChI=1S/C11H15F3O6/c1-3-7(2)10(17)19-5-8(15)18-4-9(16)20-6-11(12,13)14/h7H,3-6H2,1-2H3. The van der Waals surface area contributed by atoms with Crippen LogP contribution in [0, 0.1) is 5.92 Å². The molecule has 0 aromatic heterocycles. The fourth-order valence-electron chi connectivity index (χ4n) is 0.824. The van der Waals surface area contributed by atoms with Gasteiger partial charge in [0.25, 0.3) is 0 Å². The van der Waals surface area contributed by atoms with E-state index in [1.807, 2.05) is 0 Å². The van der Waals surface area contributed by atoms with Crippen LogP contribution >= 0.6 is 0 Å². The van der Waals surface area contributed by atoms with Gasteiger partial charge in [-0.05, 0) is 6.42 Å². The predicted molar refractivity (Wildman–Crippen MR) is 58.4 cm³/mol. The molecule has 20 heavy (non-hydrogen) atoms. The Morgan fingerprint density at radius 3 is 2.00 bits per heavy atom. The van der Waals surface area contributed by atoms with E-state index in [0.717, 1.165) is 0 Å². The number of ether oxygens (including phenoxy) is 3. The highest BCUT2D eigenvalue weighted by atomic mass is 19.4. The van der Waals surface area contributed by atoms with Gasteiger partial charge in [-0.15, -0.1) is 0 Å². The number of hydrogen-bond acceptors (Lipinski definition) is 6. The van der Waals surface area contributed by atoms with E-state index in [4.69, 9.17) is 0 Å². The Hall–Kier alpha value is -1.80. The summed E-state index contributed by atoms with van der Waals surface area (Å²) >= 11 is 0. The molecule has 0 saturated carbocycles. The summed E-state index contributed by atoms with van der Waals surface area (Å²) in [5.41, 5.74) is 0. The maximum Gasteiger partial charge on any atom is 0.422 e. The first-order valence-electron chi connectivity index (χ1n) is 5.70. The van der Waals surface area contributed by atoms with Gasteiger partial charge in [0, 0.05) is 0 Å². The summed E-state index contributed by atoms with van der Waals surface area (Å²) in [6.07, 6.45) is -4.12. The van der Waals surface area contributed by atoms with Crippen molar-refractivity contribution in [3.63, 3.8) is 0 Å². The van der Waals surface area contributed by atoms with Crippen LogP contribution in [0.2, 0.25) is 0 Å². The van der Waals surface area contributed by atoms with Crippen LogP contribution in [-0.2, 0) is 28.6 Å². The summed E-state index contributed by atoms with van der Waals surface area (Å²) in [6, 6.07) is 0. The van der Waals surface area contributed by atoms with Gasteiger partial charge in [-0.1, -0.05) is 13.8 Å². The molecular formula is C11H15F3O6. The van der Waals surface area contributed by atoms with Gasteiger partial charge in [-0.2, -0.15) is 13.2 Å². The zero-order valence-corrected chi connectivity index (χ0v) is 11.0. The zero-order chi connectivity index (χ0) is 15.8. The Labute approximate surface area is 113 Å². The van der Waals surface area contributed by atoms with Crippen LogP contribution in [0.1, 0.15) is 20.3 Å². The van der Waals surface area contributed by atoms with E-state index in [0.29, 0.717) is 6.42 Å². The van der Waals surface area contributed by atoms with E-state index >= 15 is 0 Å². The molecular weight excluding hydrogens is 285 g/mol. The van der Waals surface area contributed by atoms with Crippen LogP contribution in [0.4, 0.5) is 13.2 Å². The number of hydrogen-bond donors (Lipinski definition) is 0. The summed E-state index contributed by atoms with van der Waals surface area (Å²) in [4.78, 5) is 33.0. The Balaban J connectivity index is 3.83. The van der Waals surface area contributed by atoms with Crippen LogP contribution in [0.3, 0.4) is 0 Å². The first-order valence-corrected chi connectivity index (χ1v) is 5.70. The summed E-state index contributed by atoms with van der Waals surface area (Å²) < 4.78 is 47.7. The monoisotopic (exact) mass is 300 g/mol. The molecule has 0 aliphatic carbocycles. The van der Waals surface area contributed by atoms with Crippen LogP contribution in [0.5, 0.6) is 0 Å². The quantitative estimate of drug-likeness (QED) is 0.519. The average Bonchev–Trinajstić information content (AvgIpc) is 2.38. The number of halogens is 3. The van der Waals surface area contributed by atoms with Crippen molar-refractivity contribution < 1.29 is 41.8 Å². The second kappa shape index (κ2) is 8.39. The lowest BCUT2D eigenvalue weighted by atomic mass is 10.1. The Kier molecular flexibility index (Phi) is 7.63. The second-order valence-corrected chi connectivity index (χ2v) is 3.85. The van der Waals surface area contributed by atoms with Gasteiger partial charge in [0.1, 0.15) is 0 Å². The number of esters is 3. The third kappa shape index (κ3) is 9.17. The van der Waals surface area contributed by atoms with Gasteiger partial charge in [0.15, 0.2) is 19.8 Å². The lowest BCUT2D eigenvalue weighted by molar-refractivity contribution is -0.190. The Morgan fingerprint density at radius 1 is 1.00 bits per heavy atom. The van der Waals surface area contributed by atoms with Gasteiger partial charge >= 0.3 is 24.1 Å². The first-order chi connectivity index (χ1) is 9.15. The molecule has 0 N–H and O–H groups in total. The minimum atomic E-state index is -4.65. The summed E-state index contributed by atoms with van der Waals surface area (Å²) in [6.45, 7) is -0.0963. The molecule has 0 aromatic rings. The molecule has 1 atom stereocenters. The fourth-order valence-corrected chi connectivity index (χ4v) is 0.824. The highest BCUT2D eigenvalue weighted by Gasteiger charge is 2.29. The van der Waals surface area contributed by atoms with Crippen molar-refractivity contribution in [2.24, 2.45) is 5.92 Å². The van der Waals surface area contributed by atoms with Crippen molar-refractivity contribution in [1.82, 2.24) is 0 Å². The minimum Gasteiger partial charge on any atom is -0.454 e. The van der Waals surface area contributed by atoms with Crippen molar-refractivity contribution >= 4 is 17.9 Å². The van der Waals surface area contributed by atoms with Crippen molar-refractivity contribution in [3.8, 4) is 0 Å². The normalized spacial score (nSPS) is 12.4. The molecule has 9 heteroatoms. The molecule has 0 saturated heterocycles. The smallest absolute Gasteiger partial charge is 0.422 e. The molecule has 0 bridgehead atoms. The molecule has 0 aromatic carbocycles. The molecule has 0 heterocycles. The molecule has 1 unspecified atom stereocenters. The Morgan fingerprint density at radius 2 is 1.50 bits per heavy atom. The van der Waals surface area contributed by atoms with Crippen LogP contribution in [-0.4, -0.2) is 43.9 Å². The van der Waals surface area contributed by atoms with Crippen LogP contribution < -0.4 is 0 Å². The van der Waals surface area contributed by atoms with E-state index in [2.05, 4.69) is 14.2 Å². The highest BCUT2D eigenvalue weighted by Crippen LogP contribution is 2.14. The lowest BCUT2D eigenvalue weighted by Gasteiger charge is -2.10. The zero-order valence-electron chi connectivity index (χ0n) is 11.0.